The molecule has 0 unspecified atom stereocenters. The smallest absolute Gasteiger partial charge is 0.224 e. The van der Waals surface area contributed by atoms with E-state index in [1.54, 1.807) is 0 Å². The van der Waals surface area contributed by atoms with Crippen LogP contribution >= 0.6 is 0 Å². The van der Waals surface area contributed by atoms with Gasteiger partial charge in [-0.1, -0.05) is 79.2 Å². The number of primary amides is 1. The Morgan fingerprint density at radius 1 is 0.786 bits per heavy atom. The number of aryl methyl sites for hydroxylation is 1. The first-order valence-corrected chi connectivity index (χ1v) is 9.82. The third kappa shape index (κ3) is 5.98. The molecule has 0 aromatic heterocycles. The van der Waals surface area contributed by atoms with E-state index in [2.05, 4.69) is 24.3 Å². The monoisotopic (exact) mass is 373 g/mol. The zero-order valence-corrected chi connectivity index (χ0v) is 16.1. The van der Waals surface area contributed by atoms with Crippen LogP contribution in [0, 0.1) is 0 Å². The quantitative estimate of drug-likeness (QED) is 0.494. The molecule has 0 saturated carbocycles. The molecular formula is C25H27NO2. The van der Waals surface area contributed by atoms with Crippen LogP contribution in [0.3, 0.4) is 0 Å². The van der Waals surface area contributed by atoms with Crippen molar-refractivity contribution < 1.29 is 9.53 Å². The van der Waals surface area contributed by atoms with E-state index in [0.29, 0.717) is 6.61 Å². The lowest BCUT2D eigenvalue weighted by Gasteiger charge is -2.15. The van der Waals surface area contributed by atoms with Crippen LogP contribution in [0.1, 0.15) is 41.9 Å². The maximum atomic E-state index is 12.0. The van der Waals surface area contributed by atoms with Gasteiger partial charge in [0.2, 0.25) is 5.91 Å². The Kier molecular flexibility index (Phi) is 7.25. The van der Waals surface area contributed by atoms with Crippen LogP contribution in [-0.2, 0) is 17.8 Å². The predicted octanol–water partition coefficient (Wildman–Crippen LogP) is 5.25. The first-order chi connectivity index (χ1) is 13.7. The third-order valence-corrected chi connectivity index (χ3v) is 4.93. The molecule has 1 atom stereocenters. The standard InChI is InChI=1S/C25H27NO2/c26-25(27)24(14-8-7-11-20-9-3-1-4-10-20)22-15-17-23(18-16-22)28-19-21-12-5-2-6-13-21/h1-6,9-10,12-13,15-18,24H,7-8,11,14,19H2,(H2,26,27)/t24-/m1/s1. The zero-order chi connectivity index (χ0) is 19.6. The third-order valence-electron chi connectivity index (χ3n) is 4.93. The van der Waals surface area contributed by atoms with E-state index in [1.165, 1.54) is 5.56 Å². The molecule has 0 fully saturated rings. The molecule has 0 radical (unpaired) electrons. The van der Waals surface area contributed by atoms with Crippen LogP contribution < -0.4 is 10.5 Å². The number of rotatable bonds is 10. The Hall–Kier alpha value is -3.07. The highest BCUT2D eigenvalue weighted by molar-refractivity contribution is 5.81. The summed E-state index contributed by atoms with van der Waals surface area (Å²) in [5.41, 5.74) is 9.08. The summed E-state index contributed by atoms with van der Waals surface area (Å²) in [6.07, 6.45) is 3.81. The number of hydrogen-bond donors (Lipinski definition) is 1. The SMILES string of the molecule is NC(=O)[C@H](CCCCc1ccccc1)c1ccc(OCc2ccccc2)cc1. The Morgan fingerprint density at radius 2 is 1.39 bits per heavy atom. The van der Waals surface area contributed by atoms with E-state index >= 15 is 0 Å². The molecule has 3 rings (SSSR count). The molecule has 3 nitrogen and oxygen atoms in total. The van der Waals surface area contributed by atoms with Gasteiger partial charge in [-0.05, 0) is 48.1 Å². The molecule has 1 amide bonds. The minimum Gasteiger partial charge on any atom is -0.489 e. The second-order valence-electron chi connectivity index (χ2n) is 7.03. The summed E-state index contributed by atoms with van der Waals surface area (Å²) in [5.74, 6) is 0.275. The molecule has 144 valence electrons. The Bertz CT molecular complexity index is 845. The minimum absolute atomic E-state index is 0.251. The molecule has 0 bridgehead atoms. The highest BCUT2D eigenvalue weighted by Crippen LogP contribution is 2.25. The molecular weight excluding hydrogens is 346 g/mol. The average molecular weight is 373 g/mol. The molecule has 3 aromatic rings. The lowest BCUT2D eigenvalue weighted by Crippen LogP contribution is -2.21. The summed E-state index contributed by atoms with van der Waals surface area (Å²) >= 11 is 0. The molecule has 0 aliphatic heterocycles. The summed E-state index contributed by atoms with van der Waals surface area (Å²) in [5, 5.41) is 0. The summed E-state index contributed by atoms with van der Waals surface area (Å²) in [6, 6.07) is 28.2. The number of amides is 1. The van der Waals surface area contributed by atoms with Crippen molar-refractivity contribution in [1.82, 2.24) is 0 Å². The normalized spacial score (nSPS) is 11.7. The van der Waals surface area contributed by atoms with Crippen molar-refractivity contribution in [2.75, 3.05) is 0 Å². The van der Waals surface area contributed by atoms with Gasteiger partial charge in [0.1, 0.15) is 12.4 Å². The number of carbonyl (C=O) groups excluding carboxylic acids is 1. The Balaban J connectivity index is 1.51. The summed E-state index contributed by atoms with van der Waals surface area (Å²) in [7, 11) is 0. The maximum Gasteiger partial charge on any atom is 0.224 e. The first-order valence-electron chi connectivity index (χ1n) is 9.82. The van der Waals surface area contributed by atoms with Crippen LogP contribution in [0.25, 0.3) is 0 Å². The summed E-state index contributed by atoms with van der Waals surface area (Å²) < 4.78 is 5.82. The molecule has 3 heteroatoms. The van der Waals surface area contributed by atoms with Gasteiger partial charge in [0, 0.05) is 0 Å². The number of benzene rings is 3. The highest BCUT2D eigenvalue weighted by Gasteiger charge is 2.17. The van der Waals surface area contributed by atoms with Gasteiger partial charge in [-0.25, -0.2) is 0 Å². The van der Waals surface area contributed by atoms with Gasteiger partial charge < -0.3 is 10.5 Å². The molecule has 0 spiro atoms. The van der Waals surface area contributed by atoms with E-state index in [1.807, 2.05) is 60.7 Å². The van der Waals surface area contributed by atoms with Crippen molar-refractivity contribution in [3.05, 3.63) is 102 Å². The fourth-order valence-corrected chi connectivity index (χ4v) is 3.33. The van der Waals surface area contributed by atoms with Crippen LogP contribution in [0.4, 0.5) is 0 Å². The largest absolute Gasteiger partial charge is 0.489 e. The first kappa shape index (κ1) is 19.7. The lowest BCUT2D eigenvalue weighted by atomic mass is 9.92. The molecule has 0 aliphatic carbocycles. The van der Waals surface area contributed by atoms with Crippen LogP contribution in [0.15, 0.2) is 84.9 Å². The zero-order valence-electron chi connectivity index (χ0n) is 16.1. The van der Waals surface area contributed by atoms with E-state index in [0.717, 1.165) is 42.6 Å². The van der Waals surface area contributed by atoms with Crippen molar-refractivity contribution in [3.63, 3.8) is 0 Å². The number of hydrogen-bond acceptors (Lipinski definition) is 2. The molecule has 28 heavy (non-hydrogen) atoms. The van der Waals surface area contributed by atoms with E-state index in [9.17, 15) is 4.79 Å². The number of unbranched alkanes of at least 4 members (excludes halogenated alkanes) is 1. The molecule has 0 aliphatic rings. The van der Waals surface area contributed by atoms with Gasteiger partial charge in [-0.3, -0.25) is 4.79 Å². The van der Waals surface area contributed by atoms with Gasteiger partial charge >= 0.3 is 0 Å². The van der Waals surface area contributed by atoms with Crippen LogP contribution in [0.2, 0.25) is 0 Å². The second-order valence-corrected chi connectivity index (χ2v) is 7.03. The van der Waals surface area contributed by atoms with E-state index in [4.69, 9.17) is 10.5 Å². The molecule has 2 N–H and O–H groups in total. The van der Waals surface area contributed by atoms with Crippen LogP contribution in [-0.4, -0.2) is 5.91 Å². The van der Waals surface area contributed by atoms with E-state index in [-0.39, 0.29) is 11.8 Å². The molecule has 0 saturated heterocycles. The topological polar surface area (TPSA) is 52.3 Å². The van der Waals surface area contributed by atoms with Gasteiger partial charge in [0.05, 0.1) is 5.92 Å². The van der Waals surface area contributed by atoms with Gasteiger partial charge in [-0.15, -0.1) is 0 Å². The number of nitrogens with two attached hydrogens (primary N) is 1. The molecule has 0 heterocycles. The lowest BCUT2D eigenvalue weighted by molar-refractivity contribution is -0.119. The van der Waals surface area contributed by atoms with Crippen molar-refractivity contribution in [1.29, 1.82) is 0 Å². The average Bonchev–Trinajstić information content (AvgIpc) is 2.74. The number of ether oxygens (including phenoxy) is 1. The highest BCUT2D eigenvalue weighted by atomic mass is 16.5. The van der Waals surface area contributed by atoms with Gasteiger partial charge in [0.25, 0.3) is 0 Å². The maximum absolute atomic E-state index is 12.0. The Morgan fingerprint density at radius 3 is 2.00 bits per heavy atom. The molecule has 3 aromatic carbocycles. The van der Waals surface area contributed by atoms with Crippen molar-refractivity contribution in [2.24, 2.45) is 5.73 Å². The number of carbonyl (C=O) groups is 1. The fourth-order valence-electron chi connectivity index (χ4n) is 3.33. The van der Waals surface area contributed by atoms with E-state index < -0.39 is 0 Å². The second kappa shape index (κ2) is 10.3. The minimum atomic E-state index is -0.266. The van der Waals surface area contributed by atoms with Crippen molar-refractivity contribution >= 4 is 5.91 Å². The summed E-state index contributed by atoms with van der Waals surface area (Å²) in [6.45, 7) is 0.527. The predicted molar refractivity (Wildman–Crippen MR) is 113 cm³/mol. The summed E-state index contributed by atoms with van der Waals surface area (Å²) in [4.78, 5) is 12.0. The fraction of sp³-hybridized carbons (Fsp3) is 0.240. The van der Waals surface area contributed by atoms with Crippen molar-refractivity contribution in [3.8, 4) is 5.75 Å². The van der Waals surface area contributed by atoms with Crippen molar-refractivity contribution in [2.45, 2.75) is 38.2 Å². The van der Waals surface area contributed by atoms with Gasteiger partial charge in [0.15, 0.2) is 0 Å². The van der Waals surface area contributed by atoms with Crippen LogP contribution in [0.5, 0.6) is 5.75 Å². The Labute approximate surface area is 167 Å². The van der Waals surface area contributed by atoms with Gasteiger partial charge in [-0.2, -0.15) is 0 Å².